The van der Waals surface area contributed by atoms with E-state index in [1.165, 1.54) is 11.3 Å². The number of hydrogen-bond acceptors (Lipinski definition) is 5. The molecule has 6 heteroatoms. The summed E-state index contributed by atoms with van der Waals surface area (Å²) in [5, 5.41) is 4.57. The fourth-order valence-corrected chi connectivity index (χ4v) is 2.54. The summed E-state index contributed by atoms with van der Waals surface area (Å²) in [5.74, 6) is -0.909. The second-order valence-electron chi connectivity index (χ2n) is 6.67. The number of anilines is 1. The SMILES string of the molecule is C[C@@H](OC(=O)c1cccs1)C(=O)c1ccc(NC(=O)C(C)(C)C)cc1. The van der Waals surface area contributed by atoms with Gasteiger partial charge in [0.25, 0.3) is 0 Å². The first kappa shape index (κ1) is 18.9. The van der Waals surface area contributed by atoms with Crippen LogP contribution in [0.4, 0.5) is 5.69 Å². The number of benzene rings is 1. The lowest BCUT2D eigenvalue weighted by molar-refractivity contribution is -0.123. The van der Waals surface area contributed by atoms with Crippen LogP contribution in [0.25, 0.3) is 0 Å². The Labute approximate surface area is 151 Å². The van der Waals surface area contributed by atoms with Crippen LogP contribution in [0, 0.1) is 5.41 Å². The highest BCUT2D eigenvalue weighted by atomic mass is 32.1. The number of ketones is 1. The number of Topliss-reactive ketones (excluding diaryl/α,β-unsaturated/α-hetero) is 1. The number of amides is 1. The number of ether oxygens (including phenoxy) is 1. The number of nitrogens with one attached hydrogen (secondary N) is 1. The lowest BCUT2D eigenvalue weighted by atomic mass is 9.95. The number of esters is 1. The Hall–Kier alpha value is -2.47. The van der Waals surface area contributed by atoms with Crippen LogP contribution in [0.3, 0.4) is 0 Å². The van der Waals surface area contributed by atoms with E-state index in [4.69, 9.17) is 4.74 Å². The lowest BCUT2D eigenvalue weighted by Crippen LogP contribution is -2.27. The molecular weight excluding hydrogens is 338 g/mol. The molecule has 0 unspecified atom stereocenters. The molecular formula is C19H21NO4S. The van der Waals surface area contributed by atoms with Gasteiger partial charge in [0.15, 0.2) is 6.10 Å². The Morgan fingerprint density at radius 3 is 2.24 bits per heavy atom. The highest BCUT2D eigenvalue weighted by molar-refractivity contribution is 7.11. The van der Waals surface area contributed by atoms with Crippen molar-refractivity contribution in [2.24, 2.45) is 5.41 Å². The summed E-state index contributed by atoms with van der Waals surface area (Å²) in [6, 6.07) is 9.93. The first-order chi connectivity index (χ1) is 11.7. The molecule has 0 spiro atoms. The van der Waals surface area contributed by atoms with Gasteiger partial charge in [0, 0.05) is 16.7 Å². The molecule has 0 fully saturated rings. The third-order valence-electron chi connectivity index (χ3n) is 3.48. The van der Waals surface area contributed by atoms with Crippen LogP contribution < -0.4 is 5.32 Å². The zero-order chi connectivity index (χ0) is 18.6. The summed E-state index contributed by atoms with van der Waals surface area (Å²) in [7, 11) is 0. The van der Waals surface area contributed by atoms with E-state index < -0.39 is 17.5 Å². The van der Waals surface area contributed by atoms with Gasteiger partial charge in [-0.3, -0.25) is 9.59 Å². The smallest absolute Gasteiger partial charge is 0.349 e. The van der Waals surface area contributed by atoms with E-state index in [9.17, 15) is 14.4 Å². The maximum absolute atomic E-state index is 12.4. The molecule has 1 atom stereocenters. The number of thiophene rings is 1. The molecule has 1 amide bonds. The molecule has 0 saturated heterocycles. The van der Waals surface area contributed by atoms with Crippen molar-refractivity contribution in [1.29, 1.82) is 0 Å². The van der Waals surface area contributed by atoms with E-state index in [2.05, 4.69) is 5.32 Å². The molecule has 0 aliphatic heterocycles. The lowest BCUT2D eigenvalue weighted by Gasteiger charge is -2.18. The molecule has 1 aromatic heterocycles. The largest absolute Gasteiger partial charge is 0.450 e. The number of rotatable bonds is 5. The van der Waals surface area contributed by atoms with Crippen LogP contribution in [-0.2, 0) is 9.53 Å². The van der Waals surface area contributed by atoms with Gasteiger partial charge in [0.05, 0.1) is 0 Å². The molecule has 0 radical (unpaired) electrons. The number of carbonyl (C=O) groups is 3. The average Bonchev–Trinajstić information content (AvgIpc) is 3.08. The second kappa shape index (κ2) is 7.61. The molecule has 0 aliphatic carbocycles. The maximum Gasteiger partial charge on any atom is 0.349 e. The van der Waals surface area contributed by atoms with E-state index >= 15 is 0 Å². The first-order valence-corrected chi connectivity index (χ1v) is 8.76. The van der Waals surface area contributed by atoms with Crippen molar-refractivity contribution in [3.05, 3.63) is 52.2 Å². The van der Waals surface area contributed by atoms with Crippen molar-refractivity contribution in [3.8, 4) is 0 Å². The zero-order valence-electron chi connectivity index (χ0n) is 14.7. The van der Waals surface area contributed by atoms with Crippen molar-refractivity contribution in [3.63, 3.8) is 0 Å². The van der Waals surface area contributed by atoms with Crippen LogP contribution >= 0.6 is 11.3 Å². The molecule has 132 valence electrons. The van der Waals surface area contributed by atoms with Gasteiger partial charge >= 0.3 is 5.97 Å². The van der Waals surface area contributed by atoms with Gasteiger partial charge in [-0.05, 0) is 42.6 Å². The molecule has 0 aliphatic rings. The summed E-state index contributed by atoms with van der Waals surface area (Å²) in [4.78, 5) is 36.7. The van der Waals surface area contributed by atoms with Crippen LogP contribution in [0.2, 0.25) is 0 Å². The number of hydrogen-bond donors (Lipinski definition) is 1. The normalized spacial score (nSPS) is 12.3. The van der Waals surface area contributed by atoms with E-state index in [-0.39, 0.29) is 11.7 Å². The fraction of sp³-hybridized carbons (Fsp3) is 0.316. The van der Waals surface area contributed by atoms with E-state index in [0.29, 0.717) is 16.1 Å². The predicted octanol–water partition coefficient (Wildman–Crippen LogP) is 4.16. The van der Waals surface area contributed by atoms with E-state index in [1.807, 2.05) is 20.8 Å². The third-order valence-corrected chi connectivity index (χ3v) is 4.33. The fourth-order valence-electron chi connectivity index (χ4n) is 1.94. The Balaban J connectivity index is 2.00. The van der Waals surface area contributed by atoms with Crippen molar-refractivity contribution in [1.82, 2.24) is 0 Å². The molecule has 5 nitrogen and oxygen atoms in total. The summed E-state index contributed by atoms with van der Waals surface area (Å²) in [5.41, 5.74) is 0.527. The minimum atomic E-state index is -0.885. The number of carbonyl (C=O) groups excluding carboxylic acids is 3. The molecule has 1 N–H and O–H groups in total. The minimum absolute atomic E-state index is 0.107. The Morgan fingerprint density at radius 2 is 1.72 bits per heavy atom. The van der Waals surface area contributed by atoms with Gasteiger partial charge in [-0.1, -0.05) is 26.8 Å². The molecule has 2 rings (SSSR count). The predicted molar refractivity (Wildman–Crippen MR) is 98.1 cm³/mol. The summed E-state index contributed by atoms with van der Waals surface area (Å²) >= 11 is 1.26. The molecule has 25 heavy (non-hydrogen) atoms. The van der Waals surface area contributed by atoms with Gasteiger partial charge in [-0.15, -0.1) is 11.3 Å². The molecule has 2 aromatic rings. The molecule has 1 aromatic carbocycles. The minimum Gasteiger partial charge on any atom is -0.450 e. The molecule has 0 saturated carbocycles. The van der Waals surface area contributed by atoms with E-state index in [0.717, 1.165) is 0 Å². The van der Waals surface area contributed by atoms with Gasteiger partial charge in [-0.2, -0.15) is 0 Å². The van der Waals surface area contributed by atoms with Crippen molar-refractivity contribution in [2.75, 3.05) is 5.32 Å². The Bertz CT molecular complexity index is 758. The van der Waals surface area contributed by atoms with Gasteiger partial charge in [0.1, 0.15) is 4.88 Å². The Morgan fingerprint density at radius 1 is 1.08 bits per heavy atom. The quantitative estimate of drug-likeness (QED) is 0.643. The molecule has 0 bridgehead atoms. The Kier molecular flexibility index (Phi) is 5.74. The van der Waals surface area contributed by atoms with E-state index in [1.54, 1.807) is 48.7 Å². The monoisotopic (exact) mass is 359 g/mol. The standard InChI is InChI=1S/C19H21NO4S/c1-12(24-17(22)15-6-5-11-25-15)16(21)13-7-9-14(10-8-13)20-18(23)19(2,3)4/h5-12H,1-4H3,(H,20,23)/t12-/m1/s1. The van der Waals surface area contributed by atoms with Gasteiger partial charge < -0.3 is 10.1 Å². The highest BCUT2D eigenvalue weighted by Crippen LogP contribution is 2.19. The average molecular weight is 359 g/mol. The summed E-state index contributed by atoms with van der Waals surface area (Å²) in [6.07, 6.45) is -0.885. The van der Waals surface area contributed by atoms with Crippen LogP contribution in [0.15, 0.2) is 41.8 Å². The van der Waals surface area contributed by atoms with Crippen LogP contribution in [-0.4, -0.2) is 23.8 Å². The van der Waals surface area contributed by atoms with Gasteiger partial charge in [-0.25, -0.2) is 4.79 Å². The maximum atomic E-state index is 12.4. The zero-order valence-corrected chi connectivity index (χ0v) is 15.5. The topological polar surface area (TPSA) is 72.5 Å². The van der Waals surface area contributed by atoms with Crippen molar-refractivity contribution >= 4 is 34.7 Å². The van der Waals surface area contributed by atoms with Crippen LogP contribution in [0.5, 0.6) is 0 Å². The van der Waals surface area contributed by atoms with Crippen molar-refractivity contribution < 1.29 is 19.1 Å². The summed E-state index contributed by atoms with van der Waals surface area (Å²) < 4.78 is 5.20. The molecule has 1 heterocycles. The van der Waals surface area contributed by atoms with Crippen molar-refractivity contribution in [2.45, 2.75) is 33.8 Å². The first-order valence-electron chi connectivity index (χ1n) is 7.88. The third kappa shape index (κ3) is 5.00. The second-order valence-corrected chi connectivity index (χ2v) is 7.62. The summed E-state index contributed by atoms with van der Waals surface area (Å²) in [6.45, 7) is 7.01. The van der Waals surface area contributed by atoms with Gasteiger partial charge in [0.2, 0.25) is 11.7 Å². The van der Waals surface area contributed by atoms with Crippen LogP contribution in [0.1, 0.15) is 47.7 Å². The highest BCUT2D eigenvalue weighted by Gasteiger charge is 2.22.